The molecule has 5 unspecified atom stereocenters. The van der Waals surface area contributed by atoms with Gasteiger partial charge in [-0.3, -0.25) is 0 Å². The smallest absolute Gasteiger partial charge is 0.127 e. The number of aromatic hydroxyl groups is 5. The van der Waals surface area contributed by atoms with Gasteiger partial charge in [0.05, 0.1) is 0 Å². The van der Waals surface area contributed by atoms with Crippen LogP contribution < -0.4 is 79.6 Å². The Labute approximate surface area is 757 Å². The average Bonchev–Trinajstić information content (AvgIpc) is 0.804. The van der Waals surface area contributed by atoms with Gasteiger partial charge in [-0.05, 0) is 313 Å². The summed E-state index contributed by atoms with van der Waals surface area (Å²) in [5, 5.41) is 81.4. The number of aryl methyl sites for hydroxylation is 10. The Kier molecular flexibility index (Phi) is 46.8. The van der Waals surface area contributed by atoms with Gasteiger partial charge in [0.25, 0.3) is 0 Å². The molecule has 0 fully saturated rings. The number of phenols is 5. The number of benzene rings is 10. The minimum absolute atomic E-state index is 0. The van der Waals surface area contributed by atoms with Crippen LogP contribution in [0.25, 0.3) is 0 Å². The van der Waals surface area contributed by atoms with Gasteiger partial charge in [0, 0.05) is 92.5 Å². The van der Waals surface area contributed by atoms with Crippen LogP contribution in [0.3, 0.4) is 0 Å². The second kappa shape index (κ2) is 49.9. The Hall–Kier alpha value is -5.40. The average molecular weight is 1820 g/mol. The Morgan fingerprint density at radius 1 is 0.235 bits per heavy atom. The molecule has 119 heavy (non-hydrogen) atoms. The minimum atomic E-state index is -0.0717. The molecule has 10 N–H and O–H groups in total. The van der Waals surface area contributed by atoms with Gasteiger partial charge in [-0.1, -0.05) is 215 Å². The van der Waals surface area contributed by atoms with Gasteiger partial charge in [0.2, 0.25) is 0 Å². The molecule has 0 aromatic heterocycles. The number of rotatable bonds is 20. The third kappa shape index (κ3) is 37.9. The fourth-order valence-corrected chi connectivity index (χ4v) is 19.3. The Morgan fingerprint density at radius 3 is 0.832 bits per heavy atom. The van der Waals surface area contributed by atoms with Gasteiger partial charge in [-0.2, -0.15) is 0 Å². The minimum Gasteiger partial charge on any atom is -0.507 e. The molecule has 654 valence electrons. The zero-order valence-electron chi connectivity index (χ0n) is 76.1. The van der Waals surface area contributed by atoms with Crippen molar-refractivity contribution in [3.63, 3.8) is 0 Å². The van der Waals surface area contributed by atoms with Crippen molar-refractivity contribution in [1.82, 2.24) is 26.6 Å². The van der Waals surface area contributed by atoms with Gasteiger partial charge in [-0.15, -0.1) is 62.0 Å². The summed E-state index contributed by atoms with van der Waals surface area (Å²) in [5.41, 5.74) is 19.9. The van der Waals surface area contributed by atoms with Crippen LogP contribution >= 0.6 is 105 Å². The molecule has 10 aromatic rings. The first kappa shape index (κ1) is 112. The number of halogens is 5. The fraction of sp³-hybridized carbons (Fsp3) is 0.394. The predicted octanol–water partition coefficient (Wildman–Crippen LogP) is 21.0. The van der Waals surface area contributed by atoms with Crippen LogP contribution in [-0.2, 0) is 38.1 Å². The summed E-state index contributed by atoms with van der Waals surface area (Å²) in [6.07, 6.45) is 0. The van der Waals surface area contributed by atoms with E-state index in [0.29, 0.717) is 71.7 Å². The maximum atomic E-state index is 10.9. The van der Waals surface area contributed by atoms with Crippen molar-refractivity contribution in [2.45, 2.75) is 260 Å². The second-order valence-corrected chi connectivity index (χ2v) is 43.1. The highest BCUT2D eigenvalue weighted by atomic mass is 35.5. The Bertz CT molecular complexity index is 4780. The largest absolute Gasteiger partial charge is 0.507 e. The summed E-state index contributed by atoms with van der Waals surface area (Å²) < 4.78 is 0. The summed E-state index contributed by atoms with van der Waals surface area (Å²) in [7, 11) is 2.34. The molecule has 0 aliphatic heterocycles. The molecule has 0 amide bonds. The van der Waals surface area contributed by atoms with E-state index in [9.17, 15) is 25.5 Å². The molecule has 0 aliphatic rings. The number of hydrogen-bond acceptors (Lipinski definition) is 10. The SMILES string of the molecule is Cc1cc(C)c(O)c(Pc2c(C)cccc2CNC(C)(C)C)c1.Cc1cc(Pc2c(C)cccc2CNC(C)(C)C)c(O)c(C(C)(C)C)c1.Cc1ccc(O)c(Pc2c(C)cccc2CNC(C)(C)C)c1.Cc1cccc(CNC(C)(C)C)c1Pc1ccccc1O.Cc1cccc(Pc2c(C)cccc2CNC(C)(C)C)c1O.Cl.Cl.Cl.Cl.Cl. The standard InChI is InChI=1S/C23H34NOP.C20H28NOP.2C19H26NOP.C18H24NOP.5ClH/c1-15-12-18(22(3,4)5)20(25)19(13-15)26-21-16(2)10-9-11-17(21)14-24-23(6,7)8;1-13-10-15(3)18(22)17(11-13)23-19-14(2)8-7-9-16(19)12-21-20(4,5)6;1-13-8-7-11-16(17(13)21)22-18-14(2)9-6-10-15(18)12-20-19(3,4)5;1-13-9-10-16(21)17(11-13)22-18-14(2)7-6-8-15(18)12-20-19(3,4)5;1-13-8-7-9-14(12-19-18(2,3)4)17(13)21-16-11-6-5-10-15(16)20;;;;;/h9-13,24-26H,14H2,1-8H3;7-11,21-23H,12H2,1-6H3;2*6-11,20-22H,12H2,1-5H3;5-11,19-21H,12H2,1-4H3;5*1H. The molecular formula is C99H143Cl5N5O5P5. The van der Waals surface area contributed by atoms with Crippen molar-refractivity contribution < 1.29 is 25.5 Å². The molecule has 0 bridgehead atoms. The van der Waals surface area contributed by atoms with Gasteiger partial charge in [0.1, 0.15) is 28.7 Å². The summed E-state index contributed by atoms with van der Waals surface area (Å²) in [6, 6.07) is 60.1. The van der Waals surface area contributed by atoms with E-state index in [1.165, 1.54) is 98.8 Å². The van der Waals surface area contributed by atoms with Crippen molar-refractivity contribution in [1.29, 1.82) is 0 Å². The molecule has 0 radical (unpaired) electrons. The lowest BCUT2D eigenvalue weighted by atomic mass is 9.85. The number of phenolic OH excluding ortho intramolecular Hbond substituents is 5. The summed E-state index contributed by atoms with van der Waals surface area (Å²) >= 11 is 0. The second-order valence-electron chi connectivity index (χ2n) is 36.6. The number of para-hydroxylation sites is 2. The normalized spacial score (nSPS) is 11.9. The van der Waals surface area contributed by atoms with Crippen LogP contribution in [-0.4, -0.2) is 53.2 Å². The van der Waals surface area contributed by atoms with Crippen molar-refractivity contribution in [3.8, 4) is 28.7 Å². The molecule has 10 rings (SSSR count). The third-order valence-corrected chi connectivity index (χ3v) is 27.1. The van der Waals surface area contributed by atoms with Crippen molar-refractivity contribution >= 4 is 158 Å². The van der Waals surface area contributed by atoms with E-state index < -0.39 is 0 Å². The van der Waals surface area contributed by atoms with Crippen molar-refractivity contribution in [2.24, 2.45) is 0 Å². The van der Waals surface area contributed by atoms with Crippen LogP contribution in [0.4, 0.5) is 0 Å². The maximum Gasteiger partial charge on any atom is 0.127 e. The van der Waals surface area contributed by atoms with E-state index in [4.69, 9.17) is 0 Å². The maximum absolute atomic E-state index is 10.9. The Morgan fingerprint density at radius 2 is 0.496 bits per heavy atom. The van der Waals surface area contributed by atoms with Crippen LogP contribution in [0.5, 0.6) is 28.7 Å². The van der Waals surface area contributed by atoms with Crippen LogP contribution in [0.1, 0.15) is 214 Å². The van der Waals surface area contributed by atoms with E-state index in [1.54, 1.807) is 12.1 Å². The monoisotopic (exact) mass is 1810 g/mol. The van der Waals surface area contributed by atoms with Crippen LogP contribution in [0.15, 0.2) is 176 Å². The molecule has 0 saturated heterocycles. The molecule has 20 heteroatoms. The van der Waals surface area contributed by atoms with Gasteiger partial charge in [-0.25, -0.2) is 0 Å². The van der Waals surface area contributed by atoms with Crippen LogP contribution in [0.2, 0.25) is 0 Å². The van der Waals surface area contributed by atoms with E-state index in [2.05, 4.69) is 322 Å². The van der Waals surface area contributed by atoms with E-state index in [-0.39, 0.29) is 95.1 Å². The van der Waals surface area contributed by atoms with E-state index in [1.807, 2.05) is 62.4 Å². The predicted molar refractivity (Wildman–Crippen MR) is 546 cm³/mol. The molecule has 0 saturated carbocycles. The molecule has 5 atom stereocenters. The highest BCUT2D eigenvalue weighted by Gasteiger charge is 2.24. The lowest BCUT2D eigenvalue weighted by molar-refractivity contribution is 0.424. The molecule has 10 aromatic carbocycles. The van der Waals surface area contributed by atoms with Gasteiger partial charge in [0.15, 0.2) is 0 Å². The number of hydrogen-bond donors (Lipinski definition) is 10. The van der Waals surface area contributed by atoms with Gasteiger partial charge < -0.3 is 52.1 Å². The summed E-state index contributed by atoms with van der Waals surface area (Å²) in [5.74, 6) is 2.10. The highest BCUT2D eigenvalue weighted by Crippen LogP contribution is 2.35. The quantitative estimate of drug-likeness (QED) is 0.0333. The first-order chi connectivity index (χ1) is 53.0. The lowest BCUT2D eigenvalue weighted by Crippen LogP contribution is -2.36. The van der Waals surface area contributed by atoms with Crippen molar-refractivity contribution in [3.05, 3.63) is 265 Å². The molecule has 0 spiro atoms. The van der Waals surface area contributed by atoms with Crippen LogP contribution in [0, 0.1) is 69.2 Å². The first-order valence-corrected chi connectivity index (χ1v) is 45.0. The Balaban J connectivity index is 0.000000737. The van der Waals surface area contributed by atoms with Gasteiger partial charge >= 0.3 is 0 Å². The lowest BCUT2D eigenvalue weighted by Gasteiger charge is -2.24. The summed E-state index contributed by atoms with van der Waals surface area (Å²) in [6.45, 7) is 64.3. The van der Waals surface area contributed by atoms with E-state index in [0.717, 1.165) is 75.9 Å². The van der Waals surface area contributed by atoms with E-state index >= 15 is 0 Å². The van der Waals surface area contributed by atoms with Crippen molar-refractivity contribution in [2.75, 3.05) is 0 Å². The molecule has 0 aliphatic carbocycles. The highest BCUT2D eigenvalue weighted by molar-refractivity contribution is 7.57. The zero-order chi connectivity index (χ0) is 85.0. The number of nitrogens with one attached hydrogen (secondary N) is 5. The topological polar surface area (TPSA) is 161 Å². The third-order valence-electron chi connectivity index (χ3n) is 18.9. The molecule has 10 nitrogen and oxygen atoms in total. The fourth-order valence-electron chi connectivity index (χ4n) is 12.3. The molecule has 0 heterocycles. The summed E-state index contributed by atoms with van der Waals surface area (Å²) in [4.78, 5) is 0. The molecular weight excluding hydrogens is 1670 g/mol. The zero-order valence-corrected chi connectivity index (χ0v) is 85.1. The first-order valence-electron chi connectivity index (χ1n) is 40.0.